The molecule has 1 aliphatic carbocycles. The summed E-state index contributed by atoms with van der Waals surface area (Å²) in [5.74, 6) is 0.934. The summed E-state index contributed by atoms with van der Waals surface area (Å²) >= 11 is 0. The van der Waals surface area contributed by atoms with Crippen LogP contribution in [0.3, 0.4) is 0 Å². The molecule has 0 bridgehead atoms. The van der Waals surface area contributed by atoms with Crippen molar-refractivity contribution in [3.63, 3.8) is 0 Å². The highest BCUT2D eigenvalue weighted by Crippen LogP contribution is 2.47. The lowest BCUT2D eigenvalue weighted by molar-refractivity contribution is 0.315. The van der Waals surface area contributed by atoms with Gasteiger partial charge in [-0.25, -0.2) is 17.9 Å². The quantitative estimate of drug-likeness (QED) is 0.913. The summed E-state index contributed by atoms with van der Waals surface area (Å²) in [7, 11) is -2.97. The Morgan fingerprint density at radius 2 is 2.10 bits per heavy atom. The van der Waals surface area contributed by atoms with Gasteiger partial charge in [0.25, 0.3) is 0 Å². The maximum Gasteiger partial charge on any atom is 0.160 e. The Morgan fingerprint density at radius 3 is 2.86 bits per heavy atom. The monoisotopic (exact) mass is 306 g/mol. The van der Waals surface area contributed by atoms with Crippen LogP contribution >= 0.6 is 0 Å². The van der Waals surface area contributed by atoms with Crippen molar-refractivity contribution in [2.75, 3.05) is 11.1 Å². The highest BCUT2D eigenvalue weighted by Gasteiger charge is 2.60. The van der Waals surface area contributed by atoms with E-state index in [1.807, 2.05) is 18.3 Å². The normalized spacial score (nSPS) is 26.6. The topological polar surface area (TPSA) is 76.4 Å². The summed E-state index contributed by atoms with van der Waals surface area (Å²) in [5, 5.41) is 7.51. The zero-order valence-electron chi connectivity index (χ0n) is 11.7. The van der Waals surface area contributed by atoms with Crippen LogP contribution in [0.2, 0.25) is 0 Å². The molecular weight excluding hydrogens is 288 g/mol. The number of hydrogen-bond acceptors (Lipinski definition) is 5. The molecule has 112 valence electrons. The van der Waals surface area contributed by atoms with Gasteiger partial charge in [0.2, 0.25) is 0 Å². The molecule has 1 spiro atoms. The van der Waals surface area contributed by atoms with Crippen LogP contribution in [0, 0.1) is 0 Å². The first-order valence-corrected chi connectivity index (χ1v) is 9.05. The van der Waals surface area contributed by atoms with Crippen molar-refractivity contribution in [3.05, 3.63) is 24.7 Å². The molecule has 1 saturated heterocycles. The summed E-state index contributed by atoms with van der Waals surface area (Å²) in [6.45, 7) is 0. The average Bonchev–Trinajstić information content (AvgIpc) is 2.97. The lowest BCUT2D eigenvalue weighted by Crippen LogP contribution is -2.67. The summed E-state index contributed by atoms with van der Waals surface area (Å²) in [5.41, 5.74) is 0.882. The molecule has 6 nitrogen and oxygen atoms in total. The first-order chi connectivity index (χ1) is 10.1. The zero-order valence-corrected chi connectivity index (χ0v) is 12.5. The fourth-order valence-electron chi connectivity index (χ4n) is 3.78. The third-order valence-corrected chi connectivity index (χ3v) is 7.69. The smallest absolute Gasteiger partial charge is 0.160 e. The van der Waals surface area contributed by atoms with E-state index >= 15 is 0 Å². The van der Waals surface area contributed by atoms with E-state index in [9.17, 15) is 8.42 Å². The number of anilines is 1. The van der Waals surface area contributed by atoms with Gasteiger partial charge in [0.1, 0.15) is 11.8 Å². The molecule has 0 amide bonds. The van der Waals surface area contributed by atoms with Gasteiger partial charge in [-0.05, 0) is 25.0 Å². The summed E-state index contributed by atoms with van der Waals surface area (Å²) in [6.07, 6.45) is 8.04. The van der Waals surface area contributed by atoms with E-state index < -0.39 is 14.6 Å². The van der Waals surface area contributed by atoms with Crippen molar-refractivity contribution in [1.29, 1.82) is 0 Å². The summed E-state index contributed by atoms with van der Waals surface area (Å²) < 4.78 is 25.8. The van der Waals surface area contributed by atoms with Gasteiger partial charge < -0.3 is 5.32 Å². The van der Waals surface area contributed by atoms with E-state index in [4.69, 9.17) is 0 Å². The lowest BCUT2D eigenvalue weighted by Gasteiger charge is -2.51. The highest BCUT2D eigenvalue weighted by molar-refractivity contribution is 7.94. The minimum atomic E-state index is -2.97. The summed E-state index contributed by atoms with van der Waals surface area (Å²) in [4.78, 5) is 4.29. The van der Waals surface area contributed by atoms with Gasteiger partial charge in [0.05, 0.1) is 16.5 Å². The Bertz CT molecular complexity index is 777. The average molecular weight is 306 g/mol. The molecule has 1 N–H and O–H groups in total. The predicted molar refractivity (Wildman–Crippen MR) is 80.0 cm³/mol. The molecule has 2 aliphatic rings. The van der Waals surface area contributed by atoms with Crippen LogP contribution in [0.25, 0.3) is 5.52 Å². The third-order valence-electron chi connectivity index (χ3n) is 4.99. The van der Waals surface area contributed by atoms with Crippen molar-refractivity contribution in [2.45, 2.75) is 42.9 Å². The van der Waals surface area contributed by atoms with E-state index in [1.54, 1.807) is 4.52 Å². The highest BCUT2D eigenvalue weighted by atomic mass is 32.2. The molecule has 1 atom stereocenters. The van der Waals surface area contributed by atoms with Crippen LogP contribution in [-0.2, 0) is 9.84 Å². The molecule has 1 aliphatic heterocycles. The minimum absolute atomic E-state index is 0.0311. The largest absolute Gasteiger partial charge is 0.363 e. The van der Waals surface area contributed by atoms with Gasteiger partial charge in [-0.15, -0.1) is 0 Å². The van der Waals surface area contributed by atoms with Crippen LogP contribution in [0.5, 0.6) is 0 Å². The van der Waals surface area contributed by atoms with E-state index in [-0.39, 0.29) is 11.8 Å². The van der Waals surface area contributed by atoms with E-state index in [0.29, 0.717) is 0 Å². The Hall–Kier alpha value is -1.63. The maximum atomic E-state index is 12.3. The molecule has 4 rings (SSSR count). The second-order valence-corrected chi connectivity index (χ2v) is 8.43. The fraction of sp³-hybridized carbons (Fsp3) is 0.571. The first-order valence-electron chi connectivity index (χ1n) is 7.40. The molecule has 2 aromatic rings. The predicted octanol–water partition coefficient (Wildman–Crippen LogP) is 1.64. The van der Waals surface area contributed by atoms with Gasteiger partial charge in [-0.1, -0.05) is 19.3 Å². The molecule has 7 heteroatoms. The first kappa shape index (κ1) is 13.1. The van der Waals surface area contributed by atoms with Gasteiger partial charge >= 0.3 is 0 Å². The van der Waals surface area contributed by atoms with Crippen LogP contribution in [0.15, 0.2) is 24.7 Å². The van der Waals surface area contributed by atoms with E-state index in [0.717, 1.165) is 43.4 Å². The number of nitrogens with one attached hydrogen (secondary N) is 1. The van der Waals surface area contributed by atoms with E-state index in [1.165, 1.54) is 6.33 Å². The molecule has 0 aromatic carbocycles. The minimum Gasteiger partial charge on any atom is -0.363 e. The molecule has 3 heterocycles. The van der Waals surface area contributed by atoms with Gasteiger partial charge in [-0.2, -0.15) is 5.10 Å². The van der Waals surface area contributed by atoms with Gasteiger partial charge in [-0.3, -0.25) is 0 Å². The van der Waals surface area contributed by atoms with Crippen molar-refractivity contribution >= 4 is 21.2 Å². The Morgan fingerprint density at radius 1 is 1.29 bits per heavy atom. The standard InChI is InChI=1S/C14H18N4O2S/c19-21(20)9-12(14(21)6-2-1-3-7-14)17-13-11-5-4-8-18(11)16-10-15-13/h4-5,8,10,12H,1-3,6-7,9H2,(H,15,16,17). The molecule has 1 saturated carbocycles. The Balaban J connectivity index is 1.67. The van der Waals surface area contributed by atoms with E-state index in [2.05, 4.69) is 15.4 Å². The number of rotatable bonds is 2. The van der Waals surface area contributed by atoms with Crippen molar-refractivity contribution in [3.8, 4) is 0 Å². The maximum absolute atomic E-state index is 12.3. The molecule has 2 aromatic heterocycles. The van der Waals surface area contributed by atoms with Crippen LogP contribution in [0.1, 0.15) is 32.1 Å². The number of fused-ring (bicyclic) bond motifs is 1. The SMILES string of the molecule is O=S1(=O)CC(Nc2ncnn3cccc23)C12CCCCC2. The molecule has 21 heavy (non-hydrogen) atoms. The van der Waals surface area contributed by atoms with Crippen molar-refractivity contribution < 1.29 is 8.42 Å². The molecular formula is C14H18N4O2S. The molecule has 1 unspecified atom stereocenters. The van der Waals surface area contributed by atoms with Gasteiger partial charge in [0, 0.05) is 6.20 Å². The number of hydrogen-bond donors (Lipinski definition) is 1. The molecule has 2 fully saturated rings. The Kier molecular flexibility index (Phi) is 2.76. The zero-order chi connectivity index (χ0) is 14.5. The van der Waals surface area contributed by atoms with Crippen molar-refractivity contribution in [1.82, 2.24) is 14.6 Å². The number of aromatic nitrogens is 3. The third kappa shape index (κ3) is 1.79. The van der Waals surface area contributed by atoms with Crippen molar-refractivity contribution in [2.24, 2.45) is 0 Å². The Labute approximate surface area is 123 Å². The van der Waals surface area contributed by atoms with Gasteiger partial charge in [0.15, 0.2) is 15.7 Å². The number of nitrogens with zero attached hydrogens (tertiary/aromatic N) is 3. The lowest BCUT2D eigenvalue weighted by atomic mass is 9.82. The van der Waals surface area contributed by atoms with Crippen LogP contribution in [-0.4, -0.2) is 39.6 Å². The van der Waals surface area contributed by atoms with Crippen LogP contribution in [0.4, 0.5) is 5.82 Å². The second-order valence-electron chi connectivity index (χ2n) is 6.05. The second kappa shape index (κ2) is 4.43. The summed E-state index contributed by atoms with van der Waals surface area (Å²) in [6, 6.07) is 3.81. The van der Waals surface area contributed by atoms with Crippen LogP contribution < -0.4 is 5.32 Å². The molecule has 0 radical (unpaired) electrons. The fourth-order valence-corrected chi connectivity index (χ4v) is 6.14. The number of sulfone groups is 1.